The zero-order valence-corrected chi connectivity index (χ0v) is 14.2. The van der Waals surface area contributed by atoms with Gasteiger partial charge in [0.1, 0.15) is 0 Å². The maximum Gasteiger partial charge on any atom is 0.0239 e. The van der Waals surface area contributed by atoms with E-state index < -0.39 is 0 Å². The molecule has 0 aliphatic rings. The van der Waals surface area contributed by atoms with Crippen molar-refractivity contribution in [2.75, 3.05) is 13.1 Å². The molecule has 0 unspecified atom stereocenters. The van der Waals surface area contributed by atoms with Gasteiger partial charge in [-0.15, -0.1) is 0 Å². The zero-order valence-electron chi connectivity index (χ0n) is 14.2. The summed E-state index contributed by atoms with van der Waals surface area (Å²) in [6, 6.07) is 9.46. The number of rotatable bonds is 7. The molecule has 0 heterocycles. The average Bonchev–Trinajstić information content (AvgIpc) is 2.35. The van der Waals surface area contributed by atoms with Crippen LogP contribution < -0.4 is 5.32 Å². The molecular formula is C18H32N2. The van der Waals surface area contributed by atoms with Crippen molar-refractivity contribution >= 4 is 0 Å². The molecule has 1 rings (SSSR count). The Morgan fingerprint density at radius 1 is 1.10 bits per heavy atom. The highest BCUT2D eigenvalue weighted by atomic mass is 15.1. The van der Waals surface area contributed by atoms with E-state index >= 15 is 0 Å². The van der Waals surface area contributed by atoms with Gasteiger partial charge in [0, 0.05) is 18.1 Å². The highest BCUT2D eigenvalue weighted by Crippen LogP contribution is 2.14. The standard InChI is InChI=1S/C18H32N2/c1-7-20(15(2)3)14-17-11-9-8-10-16(17)12-13-19-18(4,5)6/h8-11,15,19H,7,12-14H2,1-6H3. The normalized spacial score (nSPS) is 12.4. The first-order valence-corrected chi connectivity index (χ1v) is 7.89. The van der Waals surface area contributed by atoms with Gasteiger partial charge in [-0.1, -0.05) is 31.2 Å². The predicted octanol–water partition coefficient (Wildman–Crippen LogP) is 3.85. The van der Waals surface area contributed by atoms with Crippen LogP contribution in [0.25, 0.3) is 0 Å². The number of hydrogen-bond acceptors (Lipinski definition) is 2. The molecule has 0 aliphatic heterocycles. The van der Waals surface area contributed by atoms with E-state index in [4.69, 9.17) is 0 Å². The van der Waals surface area contributed by atoms with Gasteiger partial charge >= 0.3 is 0 Å². The second kappa shape index (κ2) is 7.80. The van der Waals surface area contributed by atoms with E-state index in [1.54, 1.807) is 0 Å². The fraction of sp³-hybridized carbons (Fsp3) is 0.667. The van der Waals surface area contributed by atoms with Crippen LogP contribution in [0, 0.1) is 0 Å². The van der Waals surface area contributed by atoms with Crippen molar-refractivity contribution in [2.24, 2.45) is 0 Å². The van der Waals surface area contributed by atoms with Crippen LogP contribution in [0.15, 0.2) is 24.3 Å². The summed E-state index contributed by atoms with van der Waals surface area (Å²) in [4.78, 5) is 2.51. The Balaban J connectivity index is 2.68. The predicted molar refractivity (Wildman–Crippen MR) is 89.1 cm³/mol. The number of nitrogens with zero attached hydrogens (tertiary/aromatic N) is 1. The summed E-state index contributed by atoms with van der Waals surface area (Å²) in [7, 11) is 0. The third kappa shape index (κ3) is 6.06. The topological polar surface area (TPSA) is 15.3 Å². The van der Waals surface area contributed by atoms with Crippen molar-refractivity contribution in [3.63, 3.8) is 0 Å². The fourth-order valence-corrected chi connectivity index (χ4v) is 2.41. The lowest BCUT2D eigenvalue weighted by atomic mass is 10.0. The van der Waals surface area contributed by atoms with E-state index in [0.717, 1.165) is 26.1 Å². The number of hydrogen-bond donors (Lipinski definition) is 1. The molecule has 0 aromatic heterocycles. The molecule has 1 aromatic rings. The summed E-state index contributed by atoms with van der Waals surface area (Å²) in [6.07, 6.45) is 1.10. The summed E-state index contributed by atoms with van der Waals surface area (Å²) < 4.78 is 0. The van der Waals surface area contributed by atoms with Crippen LogP contribution in [-0.2, 0) is 13.0 Å². The first-order chi connectivity index (χ1) is 9.33. The monoisotopic (exact) mass is 276 g/mol. The van der Waals surface area contributed by atoms with Crippen LogP contribution in [0.3, 0.4) is 0 Å². The minimum Gasteiger partial charge on any atom is -0.312 e. The van der Waals surface area contributed by atoms with Crippen LogP contribution in [0.4, 0.5) is 0 Å². The lowest BCUT2D eigenvalue weighted by Crippen LogP contribution is -2.37. The second-order valence-corrected chi connectivity index (χ2v) is 6.85. The zero-order chi connectivity index (χ0) is 15.2. The Labute approximate surface area is 125 Å². The molecule has 2 heteroatoms. The molecule has 0 aliphatic carbocycles. The van der Waals surface area contributed by atoms with Gasteiger partial charge in [0.15, 0.2) is 0 Å². The van der Waals surface area contributed by atoms with Crippen molar-refractivity contribution in [3.8, 4) is 0 Å². The van der Waals surface area contributed by atoms with E-state index in [0.29, 0.717) is 6.04 Å². The Bertz CT molecular complexity index is 391. The summed E-state index contributed by atoms with van der Waals surface area (Å²) in [5.41, 5.74) is 3.14. The van der Waals surface area contributed by atoms with E-state index in [1.807, 2.05) is 0 Å². The highest BCUT2D eigenvalue weighted by molar-refractivity contribution is 5.27. The van der Waals surface area contributed by atoms with Gasteiger partial charge in [0.2, 0.25) is 0 Å². The van der Waals surface area contributed by atoms with Crippen molar-refractivity contribution in [3.05, 3.63) is 35.4 Å². The Morgan fingerprint density at radius 3 is 2.20 bits per heavy atom. The summed E-state index contributed by atoms with van der Waals surface area (Å²) in [5, 5.41) is 3.57. The van der Waals surface area contributed by atoms with Crippen LogP contribution in [-0.4, -0.2) is 29.6 Å². The van der Waals surface area contributed by atoms with E-state index in [-0.39, 0.29) is 5.54 Å². The molecule has 114 valence electrons. The molecule has 1 N–H and O–H groups in total. The van der Waals surface area contributed by atoms with Crippen molar-refractivity contribution < 1.29 is 0 Å². The average molecular weight is 276 g/mol. The first kappa shape index (κ1) is 17.2. The lowest BCUT2D eigenvalue weighted by molar-refractivity contribution is 0.224. The lowest BCUT2D eigenvalue weighted by Gasteiger charge is -2.26. The van der Waals surface area contributed by atoms with Crippen molar-refractivity contribution in [1.29, 1.82) is 0 Å². The van der Waals surface area contributed by atoms with Gasteiger partial charge in [0.05, 0.1) is 0 Å². The SMILES string of the molecule is CCN(Cc1ccccc1CCNC(C)(C)C)C(C)C. The molecule has 0 saturated heterocycles. The quantitative estimate of drug-likeness (QED) is 0.814. The van der Waals surface area contributed by atoms with Gasteiger partial charge in [-0.25, -0.2) is 0 Å². The van der Waals surface area contributed by atoms with Gasteiger partial charge < -0.3 is 5.32 Å². The molecule has 0 fully saturated rings. The summed E-state index contributed by atoms with van der Waals surface area (Å²) in [6.45, 7) is 16.6. The van der Waals surface area contributed by atoms with Crippen LogP contribution in [0.5, 0.6) is 0 Å². The number of nitrogens with one attached hydrogen (secondary N) is 1. The highest BCUT2D eigenvalue weighted by Gasteiger charge is 2.12. The second-order valence-electron chi connectivity index (χ2n) is 6.85. The molecule has 0 amide bonds. The minimum atomic E-state index is 0.197. The third-order valence-corrected chi connectivity index (χ3v) is 3.68. The smallest absolute Gasteiger partial charge is 0.0239 e. The molecule has 0 radical (unpaired) electrons. The Kier molecular flexibility index (Phi) is 6.70. The molecule has 0 spiro atoms. The fourth-order valence-electron chi connectivity index (χ4n) is 2.41. The van der Waals surface area contributed by atoms with E-state index in [2.05, 4.69) is 76.0 Å². The van der Waals surface area contributed by atoms with Crippen LogP contribution in [0.1, 0.15) is 52.7 Å². The number of benzene rings is 1. The van der Waals surface area contributed by atoms with Gasteiger partial charge in [-0.2, -0.15) is 0 Å². The molecular weight excluding hydrogens is 244 g/mol. The van der Waals surface area contributed by atoms with Gasteiger partial charge in [-0.05, 0) is 65.3 Å². The summed E-state index contributed by atoms with van der Waals surface area (Å²) >= 11 is 0. The Morgan fingerprint density at radius 2 is 1.70 bits per heavy atom. The molecule has 0 saturated carbocycles. The van der Waals surface area contributed by atoms with E-state index in [9.17, 15) is 0 Å². The summed E-state index contributed by atoms with van der Waals surface area (Å²) in [5.74, 6) is 0. The maximum atomic E-state index is 3.57. The van der Waals surface area contributed by atoms with E-state index in [1.165, 1.54) is 11.1 Å². The van der Waals surface area contributed by atoms with Crippen molar-refractivity contribution in [1.82, 2.24) is 10.2 Å². The largest absolute Gasteiger partial charge is 0.312 e. The molecule has 1 aromatic carbocycles. The van der Waals surface area contributed by atoms with Crippen LogP contribution in [0.2, 0.25) is 0 Å². The van der Waals surface area contributed by atoms with Gasteiger partial charge in [0.25, 0.3) is 0 Å². The maximum absolute atomic E-state index is 3.57. The molecule has 0 bridgehead atoms. The molecule has 2 nitrogen and oxygen atoms in total. The Hall–Kier alpha value is -0.860. The first-order valence-electron chi connectivity index (χ1n) is 7.89. The van der Waals surface area contributed by atoms with Crippen LogP contribution >= 0.6 is 0 Å². The third-order valence-electron chi connectivity index (χ3n) is 3.68. The minimum absolute atomic E-state index is 0.197. The van der Waals surface area contributed by atoms with Crippen molar-refractivity contribution in [2.45, 2.75) is 66.1 Å². The van der Waals surface area contributed by atoms with Gasteiger partial charge in [-0.3, -0.25) is 4.90 Å². The molecule has 0 atom stereocenters. The molecule has 20 heavy (non-hydrogen) atoms.